The number of nitrogens with zero attached hydrogens (tertiary/aromatic N) is 1. The third kappa shape index (κ3) is 3.07. The van der Waals surface area contributed by atoms with Gasteiger partial charge in [0.25, 0.3) is 0 Å². The van der Waals surface area contributed by atoms with Crippen molar-refractivity contribution in [3.63, 3.8) is 0 Å². The van der Waals surface area contributed by atoms with Gasteiger partial charge in [-0.3, -0.25) is 0 Å². The van der Waals surface area contributed by atoms with Crippen LogP contribution in [-0.4, -0.2) is 24.9 Å². The molecule has 17 heavy (non-hydrogen) atoms. The van der Waals surface area contributed by atoms with Gasteiger partial charge in [0.2, 0.25) is 0 Å². The molecule has 1 aliphatic rings. The van der Waals surface area contributed by atoms with Crippen LogP contribution >= 0.6 is 0 Å². The topological polar surface area (TPSA) is 47.3 Å². The molecule has 2 heterocycles. The second-order valence-corrected chi connectivity index (χ2v) is 4.95. The summed E-state index contributed by atoms with van der Waals surface area (Å²) in [5.74, 6) is 1.56. The Kier molecular flexibility index (Phi) is 4.18. The number of hydrogen-bond donors (Lipinski definition) is 1. The van der Waals surface area contributed by atoms with Gasteiger partial charge in [0.15, 0.2) is 0 Å². The second kappa shape index (κ2) is 5.65. The maximum atomic E-state index is 5.48. The smallest absolute Gasteiger partial charge is 0.138 e. The van der Waals surface area contributed by atoms with Crippen molar-refractivity contribution in [2.75, 3.05) is 19.8 Å². The third-order valence-electron chi connectivity index (χ3n) is 3.49. The molecule has 1 aliphatic heterocycles. The molecule has 0 radical (unpaired) electrons. The Balaban J connectivity index is 1.86. The van der Waals surface area contributed by atoms with Crippen molar-refractivity contribution in [1.82, 2.24) is 10.5 Å². The summed E-state index contributed by atoms with van der Waals surface area (Å²) in [6.07, 6.45) is 2.45. The van der Waals surface area contributed by atoms with Gasteiger partial charge in [-0.15, -0.1) is 0 Å². The number of aryl methyl sites for hydroxylation is 2. The third-order valence-corrected chi connectivity index (χ3v) is 3.49. The van der Waals surface area contributed by atoms with Gasteiger partial charge in [0, 0.05) is 24.8 Å². The van der Waals surface area contributed by atoms with Crippen molar-refractivity contribution in [3.05, 3.63) is 17.0 Å². The molecule has 1 fully saturated rings. The van der Waals surface area contributed by atoms with E-state index in [9.17, 15) is 0 Å². The fourth-order valence-electron chi connectivity index (χ4n) is 2.52. The van der Waals surface area contributed by atoms with Crippen LogP contribution in [0.3, 0.4) is 0 Å². The van der Waals surface area contributed by atoms with Crippen LogP contribution < -0.4 is 5.32 Å². The van der Waals surface area contributed by atoms with E-state index >= 15 is 0 Å². The molecule has 4 heteroatoms. The molecule has 0 spiro atoms. The summed E-state index contributed by atoms with van der Waals surface area (Å²) in [4.78, 5) is 0. The van der Waals surface area contributed by atoms with Gasteiger partial charge in [0.1, 0.15) is 5.76 Å². The maximum Gasteiger partial charge on any atom is 0.138 e. The highest BCUT2D eigenvalue weighted by Crippen LogP contribution is 2.21. The molecule has 96 valence electrons. The monoisotopic (exact) mass is 238 g/mol. The van der Waals surface area contributed by atoms with Gasteiger partial charge in [-0.1, -0.05) is 5.16 Å². The van der Waals surface area contributed by atoms with E-state index in [0.717, 1.165) is 31.2 Å². The molecular formula is C13H22N2O2. The fourth-order valence-corrected chi connectivity index (χ4v) is 2.52. The highest BCUT2D eigenvalue weighted by atomic mass is 16.5. The van der Waals surface area contributed by atoms with E-state index in [4.69, 9.17) is 9.26 Å². The lowest BCUT2D eigenvalue weighted by Gasteiger charge is -2.24. The zero-order valence-corrected chi connectivity index (χ0v) is 11.0. The molecule has 2 rings (SSSR count). The molecule has 0 bridgehead atoms. The summed E-state index contributed by atoms with van der Waals surface area (Å²) < 4.78 is 10.7. The zero-order chi connectivity index (χ0) is 12.3. The van der Waals surface area contributed by atoms with E-state index in [1.165, 1.54) is 18.4 Å². The molecule has 1 aromatic rings. The second-order valence-electron chi connectivity index (χ2n) is 4.95. The molecule has 0 aliphatic carbocycles. The predicted octanol–water partition coefficient (Wildman–Crippen LogP) is 2.37. The predicted molar refractivity (Wildman–Crippen MR) is 65.9 cm³/mol. The lowest BCUT2D eigenvalue weighted by molar-refractivity contribution is 0.0540. The molecule has 2 atom stereocenters. The van der Waals surface area contributed by atoms with E-state index in [-0.39, 0.29) is 0 Å². The number of aromatic nitrogens is 1. The van der Waals surface area contributed by atoms with Gasteiger partial charge in [0.05, 0.1) is 12.3 Å². The Morgan fingerprint density at radius 2 is 2.29 bits per heavy atom. The number of hydrogen-bond acceptors (Lipinski definition) is 4. The van der Waals surface area contributed by atoms with Crippen LogP contribution in [0, 0.1) is 19.8 Å². The van der Waals surface area contributed by atoms with Crippen molar-refractivity contribution in [2.24, 2.45) is 5.92 Å². The first-order valence-electron chi connectivity index (χ1n) is 6.42. The van der Waals surface area contributed by atoms with Gasteiger partial charge >= 0.3 is 0 Å². The number of rotatable bonds is 4. The molecule has 4 nitrogen and oxygen atoms in total. The Labute approximate surface area is 103 Å². The SMILES string of the molecule is Cc1noc(C)c1C(C)NCC1CCCOC1. The fraction of sp³-hybridized carbons (Fsp3) is 0.769. The molecule has 2 unspecified atom stereocenters. The lowest BCUT2D eigenvalue weighted by atomic mass is 10.0. The summed E-state index contributed by atoms with van der Waals surface area (Å²) in [7, 11) is 0. The van der Waals surface area contributed by atoms with Crippen LogP contribution in [0.5, 0.6) is 0 Å². The van der Waals surface area contributed by atoms with Crippen molar-refractivity contribution < 1.29 is 9.26 Å². The Bertz CT molecular complexity index is 337. The van der Waals surface area contributed by atoms with E-state index in [1.807, 2.05) is 13.8 Å². The summed E-state index contributed by atoms with van der Waals surface area (Å²) in [6, 6.07) is 0.295. The Morgan fingerprint density at radius 3 is 2.88 bits per heavy atom. The quantitative estimate of drug-likeness (QED) is 0.874. The average molecular weight is 238 g/mol. The standard InChI is InChI=1S/C13H22N2O2/c1-9(13-10(2)15-17-11(13)3)14-7-12-5-4-6-16-8-12/h9,12,14H,4-8H2,1-3H3. The first kappa shape index (κ1) is 12.6. The summed E-state index contributed by atoms with van der Waals surface area (Å²) in [5.41, 5.74) is 2.18. The Morgan fingerprint density at radius 1 is 1.47 bits per heavy atom. The first-order chi connectivity index (χ1) is 8.18. The molecule has 1 N–H and O–H groups in total. The molecule has 0 saturated carbocycles. The minimum atomic E-state index is 0.295. The summed E-state index contributed by atoms with van der Waals surface area (Å²) in [5, 5.41) is 7.55. The van der Waals surface area contributed by atoms with Crippen LogP contribution in [0.4, 0.5) is 0 Å². The molecule has 0 amide bonds. The van der Waals surface area contributed by atoms with Crippen LogP contribution in [0.2, 0.25) is 0 Å². The molecular weight excluding hydrogens is 216 g/mol. The zero-order valence-electron chi connectivity index (χ0n) is 11.0. The van der Waals surface area contributed by atoms with Crippen molar-refractivity contribution in [2.45, 2.75) is 39.7 Å². The minimum Gasteiger partial charge on any atom is -0.381 e. The number of ether oxygens (including phenoxy) is 1. The molecule has 0 aromatic carbocycles. The highest BCUT2D eigenvalue weighted by molar-refractivity contribution is 5.24. The summed E-state index contributed by atoms with van der Waals surface area (Å²) >= 11 is 0. The van der Waals surface area contributed by atoms with Crippen LogP contribution in [0.15, 0.2) is 4.52 Å². The van der Waals surface area contributed by atoms with Gasteiger partial charge in [-0.05, 0) is 39.5 Å². The average Bonchev–Trinajstić information content (AvgIpc) is 2.67. The summed E-state index contributed by atoms with van der Waals surface area (Å²) in [6.45, 7) is 8.95. The minimum absolute atomic E-state index is 0.295. The van der Waals surface area contributed by atoms with Crippen molar-refractivity contribution in [1.29, 1.82) is 0 Å². The number of nitrogens with one attached hydrogen (secondary N) is 1. The van der Waals surface area contributed by atoms with E-state index in [1.54, 1.807) is 0 Å². The van der Waals surface area contributed by atoms with Crippen LogP contribution in [-0.2, 0) is 4.74 Å². The normalized spacial score (nSPS) is 22.6. The highest BCUT2D eigenvalue weighted by Gasteiger charge is 2.19. The maximum absolute atomic E-state index is 5.48. The van der Waals surface area contributed by atoms with Crippen LogP contribution in [0.25, 0.3) is 0 Å². The van der Waals surface area contributed by atoms with Crippen molar-refractivity contribution in [3.8, 4) is 0 Å². The lowest BCUT2D eigenvalue weighted by Crippen LogP contribution is -2.31. The Hall–Kier alpha value is -0.870. The van der Waals surface area contributed by atoms with E-state index in [2.05, 4.69) is 17.4 Å². The first-order valence-corrected chi connectivity index (χ1v) is 6.42. The molecule has 1 saturated heterocycles. The van der Waals surface area contributed by atoms with E-state index < -0.39 is 0 Å². The largest absolute Gasteiger partial charge is 0.381 e. The van der Waals surface area contributed by atoms with Gasteiger partial charge in [-0.2, -0.15) is 0 Å². The molecule has 1 aromatic heterocycles. The van der Waals surface area contributed by atoms with Gasteiger partial charge < -0.3 is 14.6 Å². The van der Waals surface area contributed by atoms with Crippen molar-refractivity contribution >= 4 is 0 Å². The van der Waals surface area contributed by atoms with Gasteiger partial charge in [-0.25, -0.2) is 0 Å². The van der Waals surface area contributed by atoms with E-state index in [0.29, 0.717) is 12.0 Å². The van der Waals surface area contributed by atoms with Crippen LogP contribution in [0.1, 0.15) is 42.8 Å².